The van der Waals surface area contributed by atoms with E-state index >= 15 is 0 Å². The number of allylic oxidation sites excluding steroid dienone is 2. The van der Waals surface area contributed by atoms with Crippen molar-refractivity contribution in [1.82, 2.24) is 0 Å². The molecule has 7 heteroatoms. The first-order valence-electron chi connectivity index (χ1n) is 7.29. The van der Waals surface area contributed by atoms with Crippen LogP contribution in [0.3, 0.4) is 0 Å². The summed E-state index contributed by atoms with van der Waals surface area (Å²) in [5.41, 5.74) is 1.10. The summed E-state index contributed by atoms with van der Waals surface area (Å²) in [5, 5.41) is 22.4. The van der Waals surface area contributed by atoms with E-state index < -0.39 is 0 Å². The molecule has 0 aromatic heterocycles. The molecule has 0 fully saturated rings. The molecule has 27 heavy (non-hydrogen) atoms. The molecule has 0 unspecified atom stereocenters. The van der Waals surface area contributed by atoms with Crippen LogP contribution in [0, 0.1) is 0 Å². The van der Waals surface area contributed by atoms with E-state index in [1.807, 2.05) is 12.1 Å². The standard InChI is InChI=1S/2C10H10O2.2BrH.Ti/c2*1-8(11)7-10(12)9-5-3-2-4-6-9;;;/h2*2-7,12H,1H3;2*1H;/q;;;;+4/p-4/b2*10-7-;;;. The Bertz CT molecular complexity index is 680. The number of carbonyl (C=O) groups is 2. The molecular weight excluding hydrogens is 512 g/mol. The second-order valence-electron chi connectivity index (χ2n) is 4.97. The van der Waals surface area contributed by atoms with Crippen LogP contribution < -0.4 is 44.2 Å². The molecule has 0 saturated heterocycles. The SMILES string of the molecule is CC(=O)/C=C(\[O-])c1ccccc1.CC(=O)/C=C(\[O-])c1ccccc1.[Br-].[Br-].[Ti+4]. The minimum Gasteiger partial charge on any atom is -1.00 e. The van der Waals surface area contributed by atoms with Gasteiger partial charge in [-0.2, -0.15) is 0 Å². The molecule has 0 saturated carbocycles. The van der Waals surface area contributed by atoms with Crippen molar-refractivity contribution in [2.45, 2.75) is 13.8 Å². The molecule has 0 atom stereocenters. The number of hydrogen-bond donors (Lipinski definition) is 0. The van der Waals surface area contributed by atoms with Crippen LogP contribution in [0.25, 0.3) is 11.5 Å². The van der Waals surface area contributed by atoms with Gasteiger partial charge in [0.15, 0.2) is 11.6 Å². The summed E-state index contributed by atoms with van der Waals surface area (Å²) in [5.74, 6) is -0.904. The molecule has 0 heterocycles. The van der Waals surface area contributed by atoms with Crippen molar-refractivity contribution < 1.29 is 75.5 Å². The first-order chi connectivity index (χ1) is 11.4. The fourth-order valence-electron chi connectivity index (χ4n) is 1.74. The van der Waals surface area contributed by atoms with Crippen molar-refractivity contribution in [3.05, 3.63) is 83.9 Å². The summed E-state index contributed by atoms with van der Waals surface area (Å²) in [6, 6.07) is 17.4. The molecule has 2 aromatic carbocycles. The summed E-state index contributed by atoms with van der Waals surface area (Å²) in [6.45, 7) is 2.72. The van der Waals surface area contributed by atoms with E-state index in [-0.39, 0.29) is 78.8 Å². The summed E-state index contributed by atoms with van der Waals surface area (Å²) in [4.78, 5) is 21.1. The van der Waals surface area contributed by atoms with Crippen LogP contribution in [0.1, 0.15) is 25.0 Å². The van der Waals surface area contributed by atoms with Gasteiger partial charge in [0, 0.05) is 0 Å². The van der Waals surface area contributed by atoms with Crippen molar-refractivity contribution in [3.63, 3.8) is 0 Å². The Morgan fingerprint density at radius 1 is 0.667 bits per heavy atom. The molecule has 2 aromatic rings. The van der Waals surface area contributed by atoms with Gasteiger partial charge in [0.1, 0.15) is 0 Å². The maximum atomic E-state index is 11.2. The summed E-state index contributed by atoms with van der Waals surface area (Å²) < 4.78 is 0. The fourth-order valence-corrected chi connectivity index (χ4v) is 1.74. The molecule has 0 spiro atoms. The van der Waals surface area contributed by atoms with E-state index in [0.717, 1.165) is 12.2 Å². The van der Waals surface area contributed by atoms with Crippen LogP contribution in [-0.4, -0.2) is 11.6 Å². The number of ketones is 2. The van der Waals surface area contributed by atoms with Crippen LogP contribution in [0.5, 0.6) is 0 Å². The maximum Gasteiger partial charge on any atom is 4.00 e. The smallest absolute Gasteiger partial charge is 1.00 e. The third-order valence-electron chi connectivity index (χ3n) is 2.79. The molecule has 140 valence electrons. The summed E-state index contributed by atoms with van der Waals surface area (Å²) in [6.07, 6.45) is 2.19. The molecule has 0 radical (unpaired) electrons. The Hall–Kier alpha value is -1.47. The average molecular weight is 530 g/mol. The molecule has 2 rings (SSSR count). The van der Waals surface area contributed by atoms with Crippen LogP contribution in [-0.2, 0) is 31.3 Å². The van der Waals surface area contributed by atoms with Crippen molar-refractivity contribution in [2.75, 3.05) is 0 Å². The summed E-state index contributed by atoms with van der Waals surface area (Å²) in [7, 11) is 0. The van der Waals surface area contributed by atoms with E-state index in [1.165, 1.54) is 13.8 Å². The van der Waals surface area contributed by atoms with E-state index in [1.54, 1.807) is 48.5 Å². The van der Waals surface area contributed by atoms with Gasteiger partial charge >= 0.3 is 21.7 Å². The third-order valence-corrected chi connectivity index (χ3v) is 2.79. The first kappa shape index (κ1) is 30.3. The van der Waals surface area contributed by atoms with E-state index in [4.69, 9.17) is 0 Å². The molecule has 0 bridgehead atoms. The Labute approximate surface area is 195 Å². The van der Waals surface area contributed by atoms with Gasteiger partial charge in [0.2, 0.25) is 0 Å². The Balaban J connectivity index is -0.000000384. The number of hydrogen-bond acceptors (Lipinski definition) is 4. The fraction of sp³-hybridized carbons (Fsp3) is 0.100. The Morgan fingerprint density at radius 3 is 1.15 bits per heavy atom. The number of carbonyl (C=O) groups excluding carboxylic acids is 2. The van der Waals surface area contributed by atoms with Crippen LogP contribution in [0.15, 0.2) is 72.8 Å². The minimum absolute atomic E-state index is 0. The molecule has 0 N–H and O–H groups in total. The first-order valence-corrected chi connectivity index (χ1v) is 7.29. The monoisotopic (exact) mass is 528 g/mol. The normalized spacial score (nSPS) is 10.0. The van der Waals surface area contributed by atoms with E-state index in [2.05, 4.69) is 0 Å². The van der Waals surface area contributed by atoms with Gasteiger partial charge in [-0.3, -0.25) is 9.59 Å². The Morgan fingerprint density at radius 2 is 0.926 bits per heavy atom. The predicted octanol–water partition coefficient (Wildman–Crippen LogP) is -4.04. The van der Waals surface area contributed by atoms with Gasteiger partial charge in [0.25, 0.3) is 0 Å². The number of benzene rings is 2. The van der Waals surface area contributed by atoms with Crippen LogP contribution >= 0.6 is 0 Å². The van der Waals surface area contributed by atoms with Gasteiger partial charge in [-0.25, -0.2) is 0 Å². The van der Waals surface area contributed by atoms with E-state index in [9.17, 15) is 19.8 Å². The van der Waals surface area contributed by atoms with Crippen molar-refractivity contribution in [3.8, 4) is 0 Å². The molecule has 0 amide bonds. The van der Waals surface area contributed by atoms with Gasteiger partial charge in [0.05, 0.1) is 0 Å². The number of halogens is 2. The van der Waals surface area contributed by atoms with Crippen molar-refractivity contribution >= 4 is 23.1 Å². The maximum absolute atomic E-state index is 11.2. The topological polar surface area (TPSA) is 80.3 Å². The third kappa shape index (κ3) is 13.4. The second kappa shape index (κ2) is 16.7. The largest absolute Gasteiger partial charge is 4.00 e. The van der Waals surface area contributed by atoms with Gasteiger partial charge in [-0.1, -0.05) is 72.2 Å². The molecule has 4 nitrogen and oxygen atoms in total. The predicted molar refractivity (Wildman–Crippen MR) is 90.2 cm³/mol. The molecule has 0 aliphatic heterocycles. The number of rotatable bonds is 4. The van der Waals surface area contributed by atoms with Gasteiger partial charge < -0.3 is 44.2 Å². The zero-order valence-corrected chi connectivity index (χ0v) is 19.6. The zero-order chi connectivity index (χ0) is 17.9. The van der Waals surface area contributed by atoms with E-state index in [0.29, 0.717) is 11.1 Å². The van der Waals surface area contributed by atoms with Crippen LogP contribution in [0.2, 0.25) is 0 Å². The molecule has 0 aliphatic carbocycles. The van der Waals surface area contributed by atoms with Gasteiger partial charge in [-0.15, -0.1) is 0 Å². The second-order valence-corrected chi connectivity index (χ2v) is 4.97. The van der Waals surface area contributed by atoms with Crippen LogP contribution in [0.4, 0.5) is 0 Å². The summed E-state index contributed by atoms with van der Waals surface area (Å²) >= 11 is 0. The van der Waals surface area contributed by atoms with Crippen molar-refractivity contribution in [1.29, 1.82) is 0 Å². The average Bonchev–Trinajstić information content (AvgIpc) is 2.56. The van der Waals surface area contributed by atoms with Crippen molar-refractivity contribution in [2.24, 2.45) is 0 Å². The molecule has 0 aliphatic rings. The van der Waals surface area contributed by atoms with Gasteiger partial charge in [-0.05, 0) is 37.1 Å². The zero-order valence-electron chi connectivity index (χ0n) is 14.8. The quantitative estimate of drug-likeness (QED) is 0.229. The minimum atomic E-state index is -0.233. The Kier molecular flexibility index (Phi) is 18.7. The molecular formula is C20H18Br2O4Ti.